The average Bonchev–Trinajstić information content (AvgIpc) is 3.20. The molecule has 60 heavy (non-hydrogen) atoms. The van der Waals surface area contributed by atoms with Gasteiger partial charge in [-0.25, -0.2) is 0 Å². The van der Waals surface area contributed by atoms with Crippen LogP contribution in [0.1, 0.15) is 80.2 Å². The minimum Gasteiger partial charge on any atom is -0.507 e. The molecule has 7 rings (SSSR count). The zero-order chi connectivity index (χ0) is 43.6. The summed E-state index contributed by atoms with van der Waals surface area (Å²) < 4.78 is 35.3. The standard InChI is InChI=1S/C41H48N2O17/c1-13-7-21-27(36(56-6)24(13)38(52)43-14(2)39(53)54)26-20(11-19-18(30(26)47)9-16-8-17(55-5)10-22(44)25(16)29(19)46)31(48)35(21)59-41-34(51)37(28(42-4)15(3)58-41)60-40-33(50)32(49)23(45)12-57-40/h7-8,10-11,14-15,23,28,31-35,37,40-42,44-45,47-51H,9,12H2,1-6H3,(H,43,52)(H,53,54). The van der Waals surface area contributed by atoms with E-state index >= 15 is 0 Å². The number of carbonyl (C=O) groups is 3. The number of nitrogens with one attached hydrogen (secondary N) is 2. The Bertz CT molecular complexity index is 2210. The molecule has 3 aromatic rings. The first kappa shape index (κ1) is 43.2. The van der Waals surface area contributed by atoms with Crippen LogP contribution in [0.2, 0.25) is 0 Å². The fourth-order valence-corrected chi connectivity index (χ4v) is 8.59. The molecule has 2 saturated heterocycles. The van der Waals surface area contributed by atoms with Gasteiger partial charge in [0.25, 0.3) is 5.91 Å². The summed E-state index contributed by atoms with van der Waals surface area (Å²) >= 11 is 0. The quantitative estimate of drug-likeness (QED) is 0.101. The number of aliphatic hydroxyl groups is 5. The number of fused-ring (bicyclic) bond motifs is 5. The molecule has 2 aliphatic heterocycles. The van der Waals surface area contributed by atoms with Crippen molar-refractivity contribution in [2.75, 3.05) is 27.9 Å². The molecule has 0 radical (unpaired) electrons. The van der Waals surface area contributed by atoms with Crippen molar-refractivity contribution in [1.29, 1.82) is 0 Å². The lowest BCUT2D eigenvalue weighted by molar-refractivity contribution is -0.339. The van der Waals surface area contributed by atoms with Gasteiger partial charge < -0.3 is 79.9 Å². The summed E-state index contributed by atoms with van der Waals surface area (Å²) in [5, 5.41) is 93.2. The molecule has 19 nitrogen and oxygen atoms in total. The van der Waals surface area contributed by atoms with E-state index < -0.39 is 96.9 Å². The minimum atomic E-state index is -1.72. The number of carboxylic acids is 1. The van der Waals surface area contributed by atoms with Gasteiger partial charge in [-0.3, -0.25) is 14.4 Å². The average molecular weight is 841 g/mol. The van der Waals surface area contributed by atoms with E-state index in [0.717, 1.165) is 0 Å². The maximum atomic E-state index is 14.1. The first-order valence-corrected chi connectivity index (χ1v) is 19.2. The van der Waals surface area contributed by atoms with Crippen LogP contribution in [0, 0.1) is 6.92 Å². The van der Waals surface area contributed by atoms with Crippen molar-refractivity contribution < 1.29 is 83.7 Å². The summed E-state index contributed by atoms with van der Waals surface area (Å²) in [7, 11) is 4.22. The van der Waals surface area contributed by atoms with Crippen molar-refractivity contribution in [2.24, 2.45) is 0 Å². The molecule has 12 atom stereocenters. The van der Waals surface area contributed by atoms with Crippen molar-refractivity contribution in [1.82, 2.24) is 10.6 Å². The van der Waals surface area contributed by atoms with E-state index in [1.165, 1.54) is 39.3 Å². The zero-order valence-electron chi connectivity index (χ0n) is 33.4. The van der Waals surface area contributed by atoms with Crippen molar-refractivity contribution in [3.63, 3.8) is 0 Å². The second kappa shape index (κ2) is 16.5. The topological polar surface area (TPSA) is 292 Å². The number of ketones is 1. The van der Waals surface area contributed by atoms with Gasteiger partial charge >= 0.3 is 5.97 Å². The fourth-order valence-electron chi connectivity index (χ4n) is 8.59. The normalized spacial score (nSPS) is 30.0. The number of amides is 1. The molecule has 0 saturated carbocycles. The van der Waals surface area contributed by atoms with Gasteiger partial charge in [-0.1, -0.05) is 6.07 Å². The number of ether oxygens (including phenoxy) is 6. The first-order chi connectivity index (χ1) is 28.4. The maximum absolute atomic E-state index is 14.1. The third kappa shape index (κ3) is 7.13. The summed E-state index contributed by atoms with van der Waals surface area (Å²) in [6.07, 6.45) is -14.8. The highest BCUT2D eigenvalue weighted by atomic mass is 16.7. The molecule has 0 aromatic heterocycles. The molecule has 2 heterocycles. The Morgan fingerprint density at radius 1 is 0.900 bits per heavy atom. The predicted molar refractivity (Wildman–Crippen MR) is 205 cm³/mol. The Hall–Kier alpha value is -4.93. The van der Waals surface area contributed by atoms with Gasteiger partial charge in [-0.2, -0.15) is 0 Å². The third-order valence-corrected chi connectivity index (χ3v) is 11.7. The number of phenolic OH excluding ortho intramolecular Hbond substituents is 2. The van der Waals surface area contributed by atoms with Crippen LogP contribution in [-0.4, -0.2) is 148 Å². The number of methoxy groups -OCH3 is 2. The number of hydrogen-bond donors (Lipinski definition) is 10. The van der Waals surface area contributed by atoms with Crippen molar-refractivity contribution in [2.45, 2.75) is 101 Å². The molecule has 3 aromatic carbocycles. The van der Waals surface area contributed by atoms with E-state index in [9.17, 15) is 55.2 Å². The maximum Gasteiger partial charge on any atom is 0.325 e. The first-order valence-electron chi connectivity index (χ1n) is 19.2. The highest BCUT2D eigenvalue weighted by Gasteiger charge is 2.51. The smallest absolute Gasteiger partial charge is 0.325 e. The summed E-state index contributed by atoms with van der Waals surface area (Å²) in [5.41, 5.74) is 0.622. The van der Waals surface area contributed by atoms with Crippen LogP contribution in [0.3, 0.4) is 0 Å². The minimum absolute atomic E-state index is 0.0317. The van der Waals surface area contributed by atoms with E-state index in [1.54, 1.807) is 27.0 Å². The van der Waals surface area contributed by atoms with Gasteiger partial charge in [0.1, 0.15) is 71.8 Å². The molecule has 0 bridgehead atoms. The summed E-state index contributed by atoms with van der Waals surface area (Å²) in [6.45, 7) is 4.09. The molecular formula is C41H48N2O17. The number of aryl methyl sites for hydroxylation is 1. The number of carboxylic acid groups (broad SMARTS) is 1. The molecule has 4 aliphatic rings. The zero-order valence-corrected chi connectivity index (χ0v) is 33.4. The van der Waals surface area contributed by atoms with Gasteiger partial charge in [0.05, 0.1) is 44.1 Å². The van der Waals surface area contributed by atoms with E-state index in [4.69, 9.17) is 28.4 Å². The Kier molecular flexibility index (Phi) is 11.9. The second-order valence-corrected chi connectivity index (χ2v) is 15.4. The number of carbonyl (C=O) groups excluding carboxylic acids is 2. The highest BCUT2D eigenvalue weighted by molar-refractivity contribution is 6.15. The fraction of sp³-hybridized carbons (Fsp3) is 0.488. The number of aliphatic hydroxyl groups excluding tert-OH is 5. The van der Waals surface area contributed by atoms with Crippen LogP contribution >= 0.6 is 0 Å². The van der Waals surface area contributed by atoms with Gasteiger partial charge in [0.15, 0.2) is 18.4 Å². The number of hydrogen-bond acceptors (Lipinski definition) is 17. The number of rotatable bonds is 10. The van der Waals surface area contributed by atoms with E-state index in [0.29, 0.717) is 5.56 Å². The van der Waals surface area contributed by atoms with Crippen molar-refractivity contribution in [3.05, 3.63) is 68.8 Å². The van der Waals surface area contributed by atoms with Crippen LogP contribution in [0.4, 0.5) is 0 Å². The van der Waals surface area contributed by atoms with E-state index in [2.05, 4.69) is 10.6 Å². The number of aromatic hydroxyl groups is 2. The van der Waals surface area contributed by atoms with Crippen molar-refractivity contribution >= 4 is 17.7 Å². The van der Waals surface area contributed by atoms with Crippen molar-refractivity contribution in [3.8, 4) is 34.1 Å². The summed E-state index contributed by atoms with van der Waals surface area (Å²) in [5.74, 6) is -3.51. The van der Waals surface area contributed by atoms with Gasteiger partial charge in [0.2, 0.25) is 0 Å². The monoisotopic (exact) mass is 840 g/mol. The Morgan fingerprint density at radius 3 is 2.27 bits per heavy atom. The number of benzene rings is 3. The molecule has 19 heteroatoms. The van der Waals surface area contributed by atoms with Crippen LogP contribution in [-0.2, 0) is 30.2 Å². The Morgan fingerprint density at radius 2 is 1.62 bits per heavy atom. The lowest BCUT2D eigenvalue weighted by atomic mass is 9.74. The molecule has 0 spiro atoms. The van der Waals surface area contributed by atoms with Gasteiger partial charge in [-0.15, -0.1) is 0 Å². The lowest BCUT2D eigenvalue weighted by Crippen LogP contribution is -2.65. The second-order valence-electron chi connectivity index (χ2n) is 15.4. The number of likely N-dealkylation sites (N-methyl/N-ethyl adjacent to an activating group) is 1. The van der Waals surface area contributed by atoms with Crippen LogP contribution < -0.4 is 20.1 Å². The molecule has 2 aliphatic carbocycles. The largest absolute Gasteiger partial charge is 0.507 e. The molecular weight excluding hydrogens is 792 g/mol. The molecule has 10 N–H and O–H groups in total. The third-order valence-electron chi connectivity index (χ3n) is 11.7. The lowest BCUT2D eigenvalue weighted by Gasteiger charge is -2.47. The summed E-state index contributed by atoms with van der Waals surface area (Å²) in [6, 6.07) is 3.59. The predicted octanol–water partition coefficient (Wildman–Crippen LogP) is 0.0511. The van der Waals surface area contributed by atoms with Crippen LogP contribution in [0.5, 0.6) is 23.0 Å². The molecule has 12 unspecified atom stereocenters. The van der Waals surface area contributed by atoms with Gasteiger partial charge in [-0.05, 0) is 62.2 Å². The highest BCUT2D eigenvalue weighted by Crippen LogP contribution is 2.57. The number of phenols is 2. The summed E-state index contributed by atoms with van der Waals surface area (Å²) in [4.78, 5) is 39.6. The number of aliphatic carboxylic acids is 1. The SMILES string of the molecule is CNC1C(C)OC(OC2c3cc(C)c(C(=O)NC(C)C(=O)O)c(OC)c3-c3c(cc4c(c3O)Cc3cc(OC)cc(O)c3C4=O)C2O)C(O)C1OC1OCC(O)C(O)C1O. The van der Waals surface area contributed by atoms with Gasteiger partial charge in [0, 0.05) is 34.7 Å². The van der Waals surface area contributed by atoms with Crippen LogP contribution in [0.25, 0.3) is 11.1 Å². The molecule has 2 fully saturated rings. The molecule has 1 amide bonds. The Balaban J connectivity index is 1.37. The molecule has 324 valence electrons. The van der Waals surface area contributed by atoms with E-state index in [-0.39, 0.29) is 80.3 Å². The van der Waals surface area contributed by atoms with Crippen LogP contribution in [0.15, 0.2) is 24.3 Å². The Labute approximate surface area is 343 Å². The van der Waals surface area contributed by atoms with E-state index in [1.807, 2.05) is 0 Å².